The van der Waals surface area contributed by atoms with E-state index in [-0.39, 0.29) is 0 Å². The third-order valence-electron chi connectivity index (χ3n) is 4.58. The van der Waals surface area contributed by atoms with Crippen LogP contribution in [0.4, 0.5) is 0 Å². The van der Waals surface area contributed by atoms with Crippen LogP contribution in [0.15, 0.2) is 24.3 Å². The molecule has 1 saturated heterocycles. The van der Waals surface area contributed by atoms with Crippen LogP contribution >= 0.6 is 0 Å². The molecule has 3 nitrogen and oxygen atoms in total. The zero-order valence-electron chi connectivity index (χ0n) is 13.2. The van der Waals surface area contributed by atoms with Gasteiger partial charge in [0.05, 0.1) is 12.2 Å². The standard InChI is InChI=1S/C18H27NO2/c1-3-17-16(11-12-20-17)18(19-4-2)13-5-7-14(8-6-13)21-15-9-10-15/h5-8,15-19H,3-4,9-12H2,1-2H3. The van der Waals surface area contributed by atoms with Crippen LogP contribution in [0.3, 0.4) is 0 Å². The molecule has 3 rings (SSSR count). The van der Waals surface area contributed by atoms with Gasteiger partial charge in [-0.2, -0.15) is 0 Å². The Bertz CT molecular complexity index is 441. The van der Waals surface area contributed by atoms with E-state index in [1.165, 1.54) is 18.4 Å². The molecule has 1 aliphatic carbocycles. The quantitative estimate of drug-likeness (QED) is 0.830. The van der Waals surface area contributed by atoms with Crippen LogP contribution in [0, 0.1) is 5.92 Å². The van der Waals surface area contributed by atoms with Crippen molar-refractivity contribution in [3.8, 4) is 5.75 Å². The van der Waals surface area contributed by atoms with E-state index in [9.17, 15) is 0 Å². The molecule has 1 aliphatic heterocycles. The molecule has 21 heavy (non-hydrogen) atoms. The number of hydrogen-bond donors (Lipinski definition) is 1. The van der Waals surface area contributed by atoms with Gasteiger partial charge in [0.25, 0.3) is 0 Å². The molecule has 2 aliphatic rings. The van der Waals surface area contributed by atoms with Crippen molar-refractivity contribution in [3.63, 3.8) is 0 Å². The van der Waals surface area contributed by atoms with Crippen molar-refractivity contribution in [1.82, 2.24) is 5.32 Å². The van der Waals surface area contributed by atoms with Crippen molar-refractivity contribution in [1.29, 1.82) is 0 Å². The predicted molar refractivity (Wildman–Crippen MR) is 84.6 cm³/mol. The third kappa shape index (κ3) is 3.58. The molecule has 0 bridgehead atoms. The van der Waals surface area contributed by atoms with Gasteiger partial charge in [0.1, 0.15) is 5.75 Å². The highest BCUT2D eigenvalue weighted by molar-refractivity contribution is 5.30. The lowest BCUT2D eigenvalue weighted by atomic mass is 9.86. The molecular formula is C18H27NO2. The second-order valence-corrected chi connectivity index (χ2v) is 6.19. The van der Waals surface area contributed by atoms with Crippen LogP contribution in [0.1, 0.15) is 51.1 Å². The molecule has 1 aromatic carbocycles. The monoisotopic (exact) mass is 289 g/mol. The average Bonchev–Trinajstić information content (AvgIpc) is 3.20. The van der Waals surface area contributed by atoms with Gasteiger partial charge in [-0.25, -0.2) is 0 Å². The van der Waals surface area contributed by atoms with Crippen LogP contribution in [-0.2, 0) is 4.74 Å². The van der Waals surface area contributed by atoms with E-state index < -0.39 is 0 Å². The smallest absolute Gasteiger partial charge is 0.119 e. The maximum atomic E-state index is 5.88. The van der Waals surface area contributed by atoms with Crippen molar-refractivity contribution in [2.75, 3.05) is 13.2 Å². The lowest BCUT2D eigenvalue weighted by Crippen LogP contribution is -2.32. The summed E-state index contributed by atoms with van der Waals surface area (Å²) in [6.45, 7) is 6.28. The molecule has 3 unspecified atom stereocenters. The highest BCUT2D eigenvalue weighted by Gasteiger charge is 2.34. The van der Waals surface area contributed by atoms with Crippen LogP contribution in [0.5, 0.6) is 5.75 Å². The Kier molecular flexibility index (Phi) is 4.81. The minimum absolute atomic E-state index is 0.386. The molecule has 0 aromatic heterocycles. The Labute approximate surface area is 128 Å². The van der Waals surface area contributed by atoms with E-state index in [0.29, 0.717) is 24.2 Å². The van der Waals surface area contributed by atoms with Crippen LogP contribution < -0.4 is 10.1 Å². The van der Waals surface area contributed by atoms with Crippen molar-refractivity contribution >= 4 is 0 Å². The minimum Gasteiger partial charge on any atom is -0.490 e. The zero-order valence-corrected chi connectivity index (χ0v) is 13.2. The van der Waals surface area contributed by atoms with Gasteiger partial charge in [0.15, 0.2) is 0 Å². The largest absolute Gasteiger partial charge is 0.490 e. The Morgan fingerprint density at radius 3 is 2.57 bits per heavy atom. The molecule has 3 atom stereocenters. The van der Waals surface area contributed by atoms with Gasteiger partial charge in [-0.3, -0.25) is 0 Å². The summed E-state index contributed by atoms with van der Waals surface area (Å²) in [5, 5.41) is 3.66. The lowest BCUT2D eigenvalue weighted by Gasteiger charge is -2.28. The summed E-state index contributed by atoms with van der Waals surface area (Å²) >= 11 is 0. The van der Waals surface area contributed by atoms with Crippen molar-refractivity contribution in [2.24, 2.45) is 5.92 Å². The van der Waals surface area contributed by atoms with E-state index in [4.69, 9.17) is 9.47 Å². The van der Waals surface area contributed by atoms with Gasteiger partial charge >= 0.3 is 0 Å². The highest BCUT2D eigenvalue weighted by Crippen LogP contribution is 2.36. The summed E-state index contributed by atoms with van der Waals surface area (Å²) in [5.74, 6) is 1.58. The van der Waals surface area contributed by atoms with Crippen LogP contribution in [-0.4, -0.2) is 25.4 Å². The first-order valence-electron chi connectivity index (χ1n) is 8.43. The first kappa shape index (κ1) is 14.9. The summed E-state index contributed by atoms with van der Waals surface area (Å²) in [4.78, 5) is 0. The second-order valence-electron chi connectivity index (χ2n) is 6.19. The van der Waals surface area contributed by atoms with Crippen molar-refractivity contribution in [3.05, 3.63) is 29.8 Å². The molecular weight excluding hydrogens is 262 g/mol. The van der Waals surface area contributed by atoms with Crippen molar-refractivity contribution in [2.45, 2.75) is 57.8 Å². The number of nitrogens with one attached hydrogen (secondary N) is 1. The van der Waals surface area contributed by atoms with Gasteiger partial charge in [0.2, 0.25) is 0 Å². The maximum Gasteiger partial charge on any atom is 0.119 e. The molecule has 1 heterocycles. The van der Waals surface area contributed by atoms with Gasteiger partial charge in [-0.15, -0.1) is 0 Å². The minimum atomic E-state index is 0.386. The maximum absolute atomic E-state index is 5.88. The fourth-order valence-electron chi connectivity index (χ4n) is 3.34. The fourth-order valence-corrected chi connectivity index (χ4v) is 3.34. The molecule has 1 aromatic rings. The van der Waals surface area contributed by atoms with E-state index in [2.05, 4.69) is 43.4 Å². The number of hydrogen-bond acceptors (Lipinski definition) is 3. The Hall–Kier alpha value is -1.06. The number of ether oxygens (including phenoxy) is 2. The fraction of sp³-hybridized carbons (Fsp3) is 0.667. The van der Waals surface area contributed by atoms with Crippen molar-refractivity contribution < 1.29 is 9.47 Å². The summed E-state index contributed by atoms with van der Waals surface area (Å²) in [6, 6.07) is 9.06. The van der Waals surface area contributed by atoms with Gasteiger partial charge in [-0.05, 0) is 49.9 Å². The molecule has 116 valence electrons. The van der Waals surface area contributed by atoms with E-state index in [0.717, 1.165) is 31.7 Å². The SMILES string of the molecule is CCNC(c1ccc(OC2CC2)cc1)C1CCOC1CC. The van der Waals surface area contributed by atoms with Crippen LogP contribution in [0.25, 0.3) is 0 Å². The normalized spacial score (nSPS) is 26.8. The molecule has 2 fully saturated rings. The highest BCUT2D eigenvalue weighted by atomic mass is 16.5. The number of benzene rings is 1. The Morgan fingerprint density at radius 1 is 1.19 bits per heavy atom. The third-order valence-corrected chi connectivity index (χ3v) is 4.58. The Morgan fingerprint density at radius 2 is 1.95 bits per heavy atom. The predicted octanol–water partition coefficient (Wildman–Crippen LogP) is 3.69. The summed E-state index contributed by atoms with van der Waals surface area (Å²) in [6.07, 6.45) is 5.51. The molecule has 1 saturated carbocycles. The first-order valence-corrected chi connectivity index (χ1v) is 8.43. The molecule has 0 spiro atoms. The Balaban J connectivity index is 1.72. The first-order chi connectivity index (χ1) is 10.3. The summed E-state index contributed by atoms with van der Waals surface area (Å²) < 4.78 is 11.7. The molecule has 3 heteroatoms. The van der Waals surface area contributed by atoms with Crippen LogP contribution in [0.2, 0.25) is 0 Å². The lowest BCUT2D eigenvalue weighted by molar-refractivity contribution is 0.0776. The van der Waals surface area contributed by atoms with E-state index >= 15 is 0 Å². The van der Waals surface area contributed by atoms with Gasteiger partial charge < -0.3 is 14.8 Å². The summed E-state index contributed by atoms with van der Waals surface area (Å²) in [7, 11) is 0. The van der Waals surface area contributed by atoms with Gasteiger partial charge in [-0.1, -0.05) is 26.0 Å². The molecule has 0 radical (unpaired) electrons. The summed E-state index contributed by atoms with van der Waals surface area (Å²) in [5.41, 5.74) is 1.36. The zero-order chi connectivity index (χ0) is 14.7. The second kappa shape index (κ2) is 6.80. The topological polar surface area (TPSA) is 30.5 Å². The van der Waals surface area contributed by atoms with E-state index in [1.807, 2.05) is 0 Å². The van der Waals surface area contributed by atoms with Gasteiger partial charge in [0, 0.05) is 18.6 Å². The van der Waals surface area contributed by atoms with E-state index in [1.54, 1.807) is 0 Å². The number of rotatable bonds is 7. The molecule has 1 N–H and O–H groups in total. The average molecular weight is 289 g/mol. The molecule has 0 amide bonds.